The minimum absolute atomic E-state index is 0.120. The second kappa shape index (κ2) is 8.05. The van der Waals surface area contributed by atoms with Gasteiger partial charge in [0.15, 0.2) is 5.65 Å². The van der Waals surface area contributed by atoms with Crippen LogP contribution in [0, 0.1) is 13.8 Å². The van der Waals surface area contributed by atoms with Crippen LogP contribution >= 0.6 is 11.6 Å². The number of halogens is 1. The van der Waals surface area contributed by atoms with Gasteiger partial charge in [0.1, 0.15) is 0 Å². The summed E-state index contributed by atoms with van der Waals surface area (Å²) in [6.45, 7) is 4.33. The van der Waals surface area contributed by atoms with Crippen LogP contribution < -0.4 is 5.32 Å². The predicted octanol–water partition coefficient (Wildman–Crippen LogP) is 4.66. The maximum Gasteiger partial charge on any atom is 0.252 e. The number of aromatic nitrogens is 3. The normalized spacial score (nSPS) is 11.0. The molecule has 146 valence electrons. The Kier molecular flexibility index (Phi) is 5.32. The molecule has 29 heavy (non-hydrogen) atoms. The Bertz CT molecular complexity index is 1170. The van der Waals surface area contributed by atoms with Gasteiger partial charge in [0, 0.05) is 17.3 Å². The van der Waals surface area contributed by atoms with Crippen LogP contribution in [0.2, 0.25) is 5.02 Å². The fraction of sp³-hybridized carbons (Fsp3) is 0.174. The van der Waals surface area contributed by atoms with Crippen LogP contribution in [0.25, 0.3) is 16.7 Å². The number of rotatable bonds is 5. The molecule has 2 heterocycles. The molecule has 2 aromatic carbocycles. The van der Waals surface area contributed by atoms with Crippen molar-refractivity contribution in [2.24, 2.45) is 0 Å². The number of fused-ring (bicyclic) bond motifs is 1. The van der Waals surface area contributed by atoms with E-state index in [1.54, 1.807) is 4.68 Å². The maximum absolute atomic E-state index is 13.0. The third-order valence-electron chi connectivity index (χ3n) is 4.80. The third-order valence-corrected chi connectivity index (χ3v) is 5.05. The van der Waals surface area contributed by atoms with E-state index >= 15 is 0 Å². The van der Waals surface area contributed by atoms with Crippen molar-refractivity contribution in [3.63, 3.8) is 0 Å². The lowest BCUT2D eigenvalue weighted by atomic mass is 10.1. The summed E-state index contributed by atoms with van der Waals surface area (Å²) in [7, 11) is 0. The fourth-order valence-corrected chi connectivity index (χ4v) is 3.53. The molecule has 0 radical (unpaired) electrons. The molecule has 2 aromatic heterocycles. The molecule has 1 N–H and O–H groups in total. The van der Waals surface area contributed by atoms with Crippen LogP contribution in [0.3, 0.4) is 0 Å². The number of pyridine rings is 1. The monoisotopic (exact) mass is 404 g/mol. The van der Waals surface area contributed by atoms with Crippen molar-refractivity contribution < 1.29 is 4.79 Å². The van der Waals surface area contributed by atoms with Crippen LogP contribution in [0.1, 0.15) is 27.3 Å². The molecule has 4 rings (SSSR count). The molecule has 0 aliphatic carbocycles. The maximum atomic E-state index is 13.0. The molecule has 1 amide bonds. The van der Waals surface area contributed by atoms with Gasteiger partial charge in [-0.3, -0.25) is 4.79 Å². The predicted molar refractivity (Wildman–Crippen MR) is 116 cm³/mol. The Hall–Kier alpha value is -3.18. The molecule has 6 heteroatoms. The Morgan fingerprint density at radius 2 is 1.79 bits per heavy atom. The summed E-state index contributed by atoms with van der Waals surface area (Å²) in [5, 5.41) is 9.15. The molecule has 0 atom stereocenters. The summed E-state index contributed by atoms with van der Waals surface area (Å²) >= 11 is 5.92. The number of nitrogens with zero attached hydrogens (tertiary/aromatic N) is 3. The Morgan fingerprint density at radius 1 is 1.07 bits per heavy atom. The molecule has 0 spiro atoms. The van der Waals surface area contributed by atoms with Gasteiger partial charge in [-0.2, -0.15) is 5.10 Å². The second-order valence-electron chi connectivity index (χ2n) is 6.97. The lowest BCUT2D eigenvalue weighted by Gasteiger charge is -2.09. The molecule has 0 aliphatic rings. The van der Waals surface area contributed by atoms with Crippen molar-refractivity contribution in [3.05, 3.63) is 88.2 Å². The lowest BCUT2D eigenvalue weighted by Crippen LogP contribution is -2.26. The van der Waals surface area contributed by atoms with Crippen LogP contribution in [0.15, 0.2) is 60.7 Å². The zero-order valence-electron chi connectivity index (χ0n) is 16.3. The number of carbonyl (C=O) groups excluding carboxylic acids is 1. The number of amides is 1. The highest BCUT2D eigenvalue weighted by Crippen LogP contribution is 2.24. The van der Waals surface area contributed by atoms with E-state index in [1.165, 1.54) is 0 Å². The highest BCUT2D eigenvalue weighted by Gasteiger charge is 2.19. The molecular formula is C23H21ClN4O. The van der Waals surface area contributed by atoms with E-state index in [0.717, 1.165) is 34.4 Å². The van der Waals surface area contributed by atoms with Gasteiger partial charge in [0.2, 0.25) is 0 Å². The fourth-order valence-electron chi connectivity index (χ4n) is 3.41. The number of para-hydroxylation sites is 1. The molecule has 0 fully saturated rings. The molecule has 4 aromatic rings. The van der Waals surface area contributed by atoms with Crippen molar-refractivity contribution in [3.8, 4) is 5.69 Å². The summed E-state index contributed by atoms with van der Waals surface area (Å²) in [5.74, 6) is -0.120. The van der Waals surface area contributed by atoms with Crippen molar-refractivity contribution in [2.45, 2.75) is 20.3 Å². The molecule has 0 bridgehead atoms. The summed E-state index contributed by atoms with van der Waals surface area (Å²) in [4.78, 5) is 17.6. The van der Waals surface area contributed by atoms with Crippen LogP contribution in [0.4, 0.5) is 0 Å². The number of hydrogen-bond donors (Lipinski definition) is 1. The number of benzene rings is 2. The van der Waals surface area contributed by atoms with Crippen LogP contribution in [0.5, 0.6) is 0 Å². The largest absolute Gasteiger partial charge is 0.352 e. The second-order valence-corrected chi connectivity index (χ2v) is 7.41. The summed E-state index contributed by atoms with van der Waals surface area (Å²) in [6, 6.07) is 19.3. The van der Waals surface area contributed by atoms with Crippen molar-refractivity contribution >= 4 is 28.5 Å². The highest BCUT2D eigenvalue weighted by atomic mass is 35.5. The number of hydrogen-bond acceptors (Lipinski definition) is 3. The van der Waals surface area contributed by atoms with E-state index in [1.807, 2.05) is 74.5 Å². The SMILES string of the molecule is Cc1cc(C(=O)NCCc2ccc(Cl)cc2)c2c(C)nn(-c3ccccc3)c2n1. The zero-order chi connectivity index (χ0) is 20.4. The van der Waals surface area contributed by atoms with Gasteiger partial charge in [-0.25, -0.2) is 9.67 Å². The van der Waals surface area contributed by atoms with Gasteiger partial charge in [-0.15, -0.1) is 0 Å². The number of carbonyl (C=O) groups is 1. The topological polar surface area (TPSA) is 59.8 Å². The van der Waals surface area contributed by atoms with Gasteiger partial charge in [0.05, 0.1) is 22.3 Å². The van der Waals surface area contributed by atoms with E-state index in [2.05, 4.69) is 15.4 Å². The Morgan fingerprint density at radius 3 is 2.52 bits per heavy atom. The van der Waals surface area contributed by atoms with E-state index in [9.17, 15) is 4.79 Å². The van der Waals surface area contributed by atoms with E-state index in [4.69, 9.17) is 11.6 Å². The first kappa shape index (κ1) is 19.2. The first-order valence-corrected chi connectivity index (χ1v) is 9.86. The van der Waals surface area contributed by atoms with E-state index in [-0.39, 0.29) is 5.91 Å². The Labute approximate surface area is 174 Å². The smallest absolute Gasteiger partial charge is 0.252 e. The summed E-state index contributed by atoms with van der Waals surface area (Å²) < 4.78 is 1.79. The van der Waals surface area contributed by atoms with Crippen LogP contribution in [-0.2, 0) is 6.42 Å². The molecule has 0 aliphatic heterocycles. The molecular weight excluding hydrogens is 384 g/mol. The lowest BCUT2D eigenvalue weighted by molar-refractivity contribution is 0.0955. The van der Waals surface area contributed by atoms with Gasteiger partial charge in [0.25, 0.3) is 5.91 Å². The minimum Gasteiger partial charge on any atom is -0.352 e. The zero-order valence-corrected chi connectivity index (χ0v) is 17.1. The molecule has 5 nitrogen and oxygen atoms in total. The van der Waals surface area contributed by atoms with Crippen LogP contribution in [-0.4, -0.2) is 27.2 Å². The standard InChI is InChI=1S/C23H21ClN4O/c1-15-14-20(23(29)25-13-12-17-8-10-18(24)11-9-17)21-16(2)27-28(22(21)26-15)19-6-4-3-5-7-19/h3-11,14H,12-13H2,1-2H3,(H,25,29). The number of aryl methyl sites for hydroxylation is 2. The Balaban J connectivity index is 1.62. The van der Waals surface area contributed by atoms with Crippen molar-refractivity contribution in [1.82, 2.24) is 20.1 Å². The quantitative estimate of drug-likeness (QED) is 0.526. The van der Waals surface area contributed by atoms with E-state index < -0.39 is 0 Å². The average Bonchev–Trinajstić information content (AvgIpc) is 3.05. The van der Waals surface area contributed by atoms with Gasteiger partial charge < -0.3 is 5.32 Å². The summed E-state index contributed by atoms with van der Waals surface area (Å²) in [5.41, 5.74) is 4.88. The average molecular weight is 405 g/mol. The molecule has 0 saturated carbocycles. The van der Waals surface area contributed by atoms with E-state index in [0.29, 0.717) is 22.8 Å². The third kappa shape index (κ3) is 4.00. The first-order valence-electron chi connectivity index (χ1n) is 9.48. The minimum atomic E-state index is -0.120. The highest BCUT2D eigenvalue weighted by molar-refractivity contribution is 6.30. The van der Waals surface area contributed by atoms with Gasteiger partial charge in [-0.05, 0) is 56.2 Å². The van der Waals surface area contributed by atoms with Gasteiger partial charge >= 0.3 is 0 Å². The van der Waals surface area contributed by atoms with Crippen molar-refractivity contribution in [1.29, 1.82) is 0 Å². The molecule has 0 saturated heterocycles. The van der Waals surface area contributed by atoms with Gasteiger partial charge in [-0.1, -0.05) is 41.9 Å². The summed E-state index contributed by atoms with van der Waals surface area (Å²) in [6.07, 6.45) is 0.735. The first-order chi connectivity index (χ1) is 14.0. The molecule has 0 unspecified atom stereocenters. The van der Waals surface area contributed by atoms with Crippen molar-refractivity contribution in [2.75, 3.05) is 6.54 Å². The number of nitrogens with one attached hydrogen (secondary N) is 1.